The minimum Gasteiger partial charge on any atom is -0.376 e. The molecule has 1 atom stereocenters. The molecule has 186 valence electrons. The second kappa shape index (κ2) is 9.56. The number of hydrogen-bond donors (Lipinski definition) is 2. The Hall–Kier alpha value is -3.61. The highest BCUT2D eigenvalue weighted by atomic mass is 32.1. The molecule has 0 radical (unpaired) electrons. The summed E-state index contributed by atoms with van der Waals surface area (Å²) in [6.45, 7) is 6.12. The van der Waals surface area contributed by atoms with E-state index in [-0.39, 0.29) is 27.3 Å². The van der Waals surface area contributed by atoms with Gasteiger partial charge in [-0.2, -0.15) is 10.2 Å². The summed E-state index contributed by atoms with van der Waals surface area (Å²) in [6, 6.07) is 1.72. The van der Waals surface area contributed by atoms with E-state index in [1.54, 1.807) is 40.8 Å². The predicted molar refractivity (Wildman–Crippen MR) is 137 cm³/mol. The van der Waals surface area contributed by atoms with Crippen molar-refractivity contribution in [2.45, 2.75) is 20.0 Å². The lowest BCUT2D eigenvalue weighted by atomic mass is 10.2. The summed E-state index contributed by atoms with van der Waals surface area (Å²) in [7, 11) is 1.86. The number of nitrogens with zero attached hydrogens (tertiary/aromatic N) is 6. The van der Waals surface area contributed by atoms with Gasteiger partial charge in [-0.3, -0.25) is 24.2 Å². The van der Waals surface area contributed by atoms with Gasteiger partial charge in [-0.1, -0.05) is 0 Å². The van der Waals surface area contributed by atoms with E-state index in [2.05, 4.69) is 30.7 Å². The number of ether oxygens (including phenoxy) is 1. The van der Waals surface area contributed by atoms with Crippen molar-refractivity contribution in [1.82, 2.24) is 29.3 Å². The molecule has 0 unspecified atom stereocenters. The number of anilines is 2. The molecular weight excluding hydrogens is 468 g/mol. The fourth-order valence-corrected chi connectivity index (χ4v) is 5.01. The lowest BCUT2D eigenvalue weighted by Crippen LogP contribution is -2.44. The number of aromatic nitrogens is 5. The molecule has 5 rings (SSSR count). The van der Waals surface area contributed by atoms with Crippen molar-refractivity contribution < 1.29 is 17.2 Å². The van der Waals surface area contributed by atoms with Crippen LogP contribution < -0.4 is 10.6 Å². The second-order valence-corrected chi connectivity index (χ2v) is 9.61. The molecule has 1 saturated heterocycles. The van der Waals surface area contributed by atoms with Crippen molar-refractivity contribution >= 4 is 39.4 Å². The molecule has 0 saturated carbocycles. The Balaban J connectivity index is 0.00000190. The van der Waals surface area contributed by atoms with Crippen LogP contribution in [-0.4, -0.2) is 73.4 Å². The molecule has 0 aliphatic carbocycles. The number of thiazole rings is 1. The van der Waals surface area contributed by atoms with Gasteiger partial charge in [-0.05, 0) is 19.9 Å². The predicted octanol–water partition coefficient (Wildman–Crippen LogP) is 2.90. The summed E-state index contributed by atoms with van der Waals surface area (Å²) in [5.74, 6) is -0.433. The summed E-state index contributed by atoms with van der Waals surface area (Å²) in [6.07, 6.45) is 8.82. The number of morpholine rings is 1. The summed E-state index contributed by atoms with van der Waals surface area (Å²) in [5, 5.41) is 14.3. The summed E-state index contributed by atoms with van der Waals surface area (Å²) >= 11 is 1.47. The first kappa shape index (κ1) is 23.1. The van der Waals surface area contributed by atoms with E-state index in [1.807, 2.05) is 26.4 Å². The van der Waals surface area contributed by atoms with Crippen molar-refractivity contribution in [2.75, 3.05) is 36.9 Å². The van der Waals surface area contributed by atoms with Crippen LogP contribution in [0.25, 0.3) is 15.3 Å². The van der Waals surface area contributed by atoms with Gasteiger partial charge >= 0.3 is 0 Å². The molecule has 5 heterocycles. The number of pyridine rings is 1. The number of nitrogens with one attached hydrogen (secondary N) is 2. The van der Waals surface area contributed by atoms with Crippen LogP contribution in [0.1, 0.15) is 25.8 Å². The Morgan fingerprint density at radius 2 is 2.09 bits per heavy atom. The fourth-order valence-electron chi connectivity index (χ4n) is 3.98. The molecule has 0 aromatic carbocycles. The number of carbonyl (C=O) groups is 2. The quantitative estimate of drug-likeness (QED) is 0.420. The van der Waals surface area contributed by atoms with E-state index in [4.69, 9.17) is 4.74 Å². The lowest BCUT2D eigenvalue weighted by molar-refractivity contribution is -0.119. The first-order valence-electron chi connectivity index (χ1n) is 11.2. The average molecular weight is 499 g/mol. The van der Waals surface area contributed by atoms with E-state index < -0.39 is 0 Å². The molecule has 0 spiro atoms. The monoisotopic (exact) mass is 498 g/mol. The maximum absolute atomic E-state index is 13.1. The number of amides is 2. The van der Waals surface area contributed by atoms with Crippen molar-refractivity contribution in [3.63, 3.8) is 0 Å². The minimum absolute atomic E-state index is 0. The van der Waals surface area contributed by atoms with Crippen molar-refractivity contribution in [2.24, 2.45) is 7.05 Å². The van der Waals surface area contributed by atoms with Crippen LogP contribution in [0.15, 0.2) is 37.1 Å². The van der Waals surface area contributed by atoms with Crippen LogP contribution in [0.2, 0.25) is 0 Å². The first-order chi connectivity index (χ1) is 16.9. The Morgan fingerprint density at radius 1 is 1.23 bits per heavy atom. The Morgan fingerprint density at radius 3 is 2.86 bits per heavy atom. The molecule has 11 nitrogen and oxygen atoms in total. The third-order valence-corrected chi connectivity index (χ3v) is 6.90. The van der Waals surface area contributed by atoms with Gasteiger partial charge in [-0.15, -0.1) is 11.3 Å². The SMILES string of the molecule is Cc1ncc(NC(=O)CN2CCO[C@H](C)C2)cc1NC(=O)c1cnn2cc(-c3cnn(C)c3)sc12.[HH].[HH]. The Bertz CT molecular complexity index is 1400. The van der Waals surface area contributed by atoms with E-state index in [1.165, 1.54) is 11.3 Å². The molecule has 1 aliphatic heterocycles. The zero-order valence-corrected chi connectivity index (χ0v) is 20.5. The van der Waals surface area contributed by atoms with E-state index in [0.29, 0.717) is 35.8 Å². The Kier molecular flexibility index (Phi) is 6.32. The largest absolute Gasteiger partial charge is 0.376 e. The second-order valence-electron chi connectivity index (χ2n) is 8.58. The van der Waals surface area contributed by atoms with E-state index in [9.17, 15) is 9.59 Å². The zero-order chi connectivity index (χ0) is 24.5. The molecule has 2 N–H and O–H groups in total. The average Bonchev–Trinajstić information content (AvgIpc) is 3.51. The van der Waals surface area contributed by atoms with Crippen LogP contribution in [0.5, 0.6) is 0 Å². The van der Waals surface area contributed by atoms with Crippen molar-refractivity contribution in [3.05, 3.63) is 48.3 Å². The van der Waals surface area contributed by atoms with Gasteiger partial charge in [0, 0.05) is 40.9 Å². The molecule has 0 bridgehead atoms. The van der Waals surface area contributed by atoms with E-state index in [0.717, 1.165) is 21.8 Å². The van der Waals surface area contributed by atoms with Crippen molar-refractivity contribution in [3.8, 4) is 10.4 Å². The summed E-state index contributed by atoms with van der Waals surface area (Å²) in [5.41, 5.74) is 3.11. The van der Waals surface area contributed by atoms with Gasteiger partial charge in [-0.25, -0.2) is 4.52 Å². The van der Waals surface area contributed by atoms with Gasteiger partial charge < -0.3 is 15.4 Å². The first-order valence-corrected chi connectivity index (χ1v) is 12.1. The standard InChI is InChI=1S/C23H26N8O3S.2H2/c1-14-10-30(4-5-34-14)13-21(32)27-17-6-19(15(2)24-8-17)28-22(33)18-9-26-31-12-20(35-23(18)31)16-7-25-29(3)11-16;;/h6-9,11-12,14H,4-5,10,13H2,1-3H3,(H,27,32)(H,28,33);2*1H/t14-;;/m1../s1. The molecule has 1 fully saturated rings. The van der Waals surface area contributed by atoms with Crippen LogP contribution in [0.3, 0.4) is 0 Å². The number of rotatable bonds is 6. The maximum Gasteiger partial charge on any atom is 0.260 e. The van der Waals surface area contributed by atoms with Crippen molar-refractivity contribution in [1.29, 1.82) is 0 Å². The normalized spacial score (nSPS) is 16.5. The number of hydrogen-bond acceptors (Lipinski definition) is 8. The molecule has 4 aromatic heterocycles. The minimum atomic E-state index is -0.296. The van der Waals surface area contributed by atoms with Gasteiger partial charge in [0.15, 0.2) is 0 Å². The molecule has 2 amide bonds. The topological polar surface area (TPSA) is 119 Å². The molecule has 12 heteroatoms. The molecule has 35 heavy (non-hydrogen) atoms. The molecular formula is C23H30N8O3S. The highest BCUT2D eigenvalue weighted by Crippen LogP contribution is 2.30. The highest BCUT2D eigenvalue weighted by molar-refractivity contribution is 7.21. The zero-order valence-electron chi connectivity index (χ0n) is 19.7. The maximum atomic E-state index is 13.1. The van der Waals surface area contributed by atoms with Gasteiger partial charge in [0.25, 0.3) is 5.91 Å². The number of fused-ring (bicyclic) bond motifs is 1. The fraction of sp³-hybridized carbons (Fsp3) is 0.348. The lowest BCUT2D eigenvalue weighted by Gasteiger charge is -2.30. The third-order valence-electron chi connectivity index (χ3n) is 5.74. The van der Waals surface area contributed by atoms with E-state index >= 15 is 0 Å². The number of carbonyl (C=O) groups excluding carboxylic acids is 2. The van der Waals surface area contributed by atoms with Crippen LogP contribution in [0.4, 0.5) is 11.4 Å². The van der Waals surface area contributed by atoms with Crippen LogP contribution in [-0.2, 0) is 16.6 Å². The van der Waals surface area contributed by atoms with Crippen LogP contribution in [0, 0.1) is 6.92 Å². The highest BCUT2D eigenvalue weighted by Gasteiger charge is 2.20. The smallest absolute Gasteiger partial charge is 0.260 e. The number of aryl methyl sites for hydroxylation is 2. The van der Waals surface area contributed by atoms with Gasteiger partial charge in [0.05, 0.1) is 65.4 Å². The third kappa shape index (κ3) is 5.09. The van der Waals surface area contributed by atoms with Gasteiger partial charge in [0.1, 0.15) is 4.83 Å². The Labute approximate surface area is 208 Å². The molecule has 4 aromatic rings. The molecule has 1 aliphatic rings. The van der Waals surface area contributed by atoms with Gasteiger partial charge in [0.2, 0.25) is 5.91 Å². The van der Waals surface area contributed by atoms with Crippen LogP contribution >= 0.6 is 11.3 Å². The summed E-state index contributed by atoms with van der Waals surface area (Å²) in [4.78, 5) is 33.7. The summed E-state index contributed by atoms with van der Waals surface area (Å²) < 4.78 is 8.94.